The third kappa shape index (κ3) is 6.16. The van der Waals surface area contributed by atoms with Gasteiger partial charge in [0.1, 0.15) is 10.5 Å². The van der Waals surface area contributed by atoms with Crippen LogP contribution in [0.2, 0.25) is 0 Å². The second kappa shape index (κ2) is 13.3. The summed E-state index contributed by atoms with van der Waals surface area (Å²) in [5, 5.41) is 0. The molecule has 234 valence electrons. The van der Waals surface area contributed by atoms with Crippen LogP contribution in [-0.2, 0) is 19.1 Å². The Morgan fingerprint density at radius 3 is 1.91 bits per heavy atom. The predicted octanol–water partition coefficient (Wildman–Crippen LogP) is 2.75. The number of hydrogen-bond donors (Lipinski definition) is 1. The van der Waals surface area contributed by atoms with E-state index in [-0.39, 0.29) is 38.4 Å². The molecule has 12 heteroatoms. The molecule has 4 rings (SSSR count). The van der Waals surface area contributed by atoms with Crippen molar-refractivity contribution in [3.63, 3.8) is 0 Å². The minimum Gasteiger partial charge on any atom is -0.493 e. The summed E-state index contributed by atoms with van der Waals surface area (Å²) in [5.41, 5.74) is 7.11. The third-order valence-corrected chi connectivity index (χ3v) is 7.80. The highest BCUT2D eigenvalue weighted by Gasteiger charge is 2.40. The minimum atomic E-state index is -1.05. The zero-order valence-corrected chi connectivity index (χ0v) is 26.7. The number of nitrogens with zero attached hydrogens (tertiary/aromatic N) is 1. The first-order valence-electron chi connectivity index (χ1n) is 13.8. The molecule has 1 atom stereocenters. The Kier molecular flexibility index (Phi) is 9.73. The van der Waals surface area contributed by atoms with Crippen LogP contribution in [0.1, 0.15) is 44.7 Å². The fraction of sp³-hybridized carbons (Fsp3) is 0.344. The quantitative estimate of drug-likeness (QED) is 0.335. The van der Waals surface area contributed by atoms with Gasteiger partial charge in [0.05, 0.1) is 62.2 Å². The molecule has 1 aliphatic heterocycles. The van der Waals surface area contributed by atoms with Gasteiger partial charge in [-0.15, -0.1) is 11.3 Å². The highest BCUT2D eigenvalue weighted by atomic mass is 32.1. The third-order valence-electron chi connectivity index (χ3n) is 6.69. The van der Waals surface area contributed by atoms with Crippen LogP contribution in [0.5, 0.6) is 23.0 Å². The van der Waals surface area contributed by atoms with E-state index in [9.17, 15) is 14.4 Å². The number of hydrogen-bond acceptors (Lipinski definition) is 11. The second-order valence-corrected chi connectivity index (χ2v) is 11.4. The SMILES string of the molecule is COC(=O)C1=C(N)n2c(s/c(=C\c3ccc(OC(C)C)c(OC)c3)c2=O)=C(C(=O)OC)[C@H]1c1ccc(OC(C)C)c(OC)c1. The van der Waals surface area contributed by atoms with Gasteiger partial charge in [-0.05, 0) is 69.2 Å². The van der Waals surface area contributed by atoms with Gasteiger partial charge in [-0.25, -0.2) is 9.59 Å². The van der Waals surface area contributed by atoms with Gasteiger partial charge in [0.25, 0.3) is 5.56 Å². The predicted molar refractivity (Wildman–Crippen MR) is 166 cm³/mol. The molecule has 2 aromatic carbocycles. The van der Waals surface area contributed by atoms with Crippen molar-refractivity contribution in [2.24, 2.45) is 5.73 Å². The fourth-order valence-electron chi connectivity index (χ4n) is 4.89. The monoisotopic (exact) mass is 624 g/mol. The number of benzene rings is 2. The van der Waals surface area contributed by atoms with Crippen molar-refractivity contribution in [2.45, 2.75) is 45.8 Å². The molecule has 44 heavy (non-hydrogen) atoms. The van der Waals surface area contributed by atoms with E-state index in [0.29, 0.717) is 34.1 Å². The van der Waals surface area contributed by atoms with Crippen LogP contribution in [0, 0.1) is 0 Å². The summed E-state index contributed by atoms with van der Waals surface area (Å²) in [6, 6.07) is 10.3. The van der Waals surface area contributed by atoms with Gasteiger partial charge in [-0.3, -0.25) is 9.36 Å². The largest absolute Gasteiger partial charge is 0.493 e. The highest BCUT2D eigenvalue weighted by Crippen LogP contribution is 2.41. The lowest BCUT2D eigenvalue weighted by atomic mass is 9.83. The van der Waals surface area contributed by atoms with E-state index in [1.165, 1.54) is 28.4 Å². The summed E-state index contributed by atoms with van der Waals surface area (Å²) in [7, 11) is 5.43. The maximum atomic E-state index is 13.8. The molecule has 0 fully saturated rings. The number of fused-ring (bicyclic) bond motifs is 1. The number of thiazole rings is 1. The highest BCUT2D eigenvalue weighted by molar-refractivity contribution is 7.07. The van der Waals surface area contributed by atoms with Crippen molar-refractivity contribution in [1.82, 2.24) is 4.57 Å². The Morgan fingerprint density at radius 1 is 0.818 bits per heavy atom. The average molecular weight is 625 g/mol. The maximum absolute atomic E-state index is 13.8. The Labute approximate surface area is 258 Å². The van der Waals surface area contributed by atoms with Crippen LogP contribution < -0.4 is 39.4 Å². The number of carbonyl (C=O) groups excluding carboxylic acids is 2. The van der Waals surface area contributed by atoms with E-state index in [1.54, 1.807) is 42.5 Å². The summed E-state index contributed by atoms with van der Waals surface area (Å²) in [5.74, 6) is -0.865. The second-order valence-electron chi connectivity index (χ2n) is 10.3. The summed E-state index contributed by atoms with van der Waals surface area (Å²) >= 11 is 1.04. The van der Waals surface area contributed by atoms with Crippen molar-refractivity contribution < 1.29 is 38.0 Å². The van der Waals surface area contributed by atoms with E-state index >= 15 is 0 Å². The number of esters is 2. The molecule has 0 aliphatic carbocycles. The lowest BCUT2D eigenvalue weighted by molar-refractivity contribution is -0.136. The molecule has 0 spiro atoms. The van der Waals surface area contributed by atoms with Crippen molar-refractivity contribution in [3.05, 3.63) is 72.6 Å². The minimum absolute atomic E-state index is 0.0432. The molecule has 1 aromatic heterocycles. The van der Waals surface area contributed by atoms with Gasteiger partial charge < -0.3 is 34.2 Å². The van der Waals surface area contributed by atoms with E-state index in [0.717, 1.165) is 15.9 Å². The van der Waals surface area contributed by atoms with Crippen molar-refractivity contribution in [1.29, 1.82) is 0 Å². The van der Waals surface area contributed by atoms with Crippen molar-refractivity contribution in [2.75, 3.05) is 28.4 Å². The molecule has 0 saturated heterocycles. The van der Waals surface area contributed by atoms with Gasteiger partial charge in [0, 0.05) is 0 Å². The molecular formula is C32H36N2O9S. The molecule has 3 aromatic rings. The number of rotatable bonds is 10. The van der Waals surface area contributed by atoms with Gasteiger partial charge >= 0.3 is 11.9 Å². The van der Waals surface area contributed by atoms with E-state index in [1.807, 2.05) is 27.7 Å². The smallest absolute Gasteiger partial charge is 0.338 e. The van der Waals surface area contributed by atoms with Gasteiger partial charge in [-0.2, -0.15) is 0 Å². The first kappa shape index (κ1) is 32.2. The lowest BCUT2D eigenvalue weighted by Gasteiger charge is -2.27. The van der Waals surface area contributed by atoms with Gasteiger partial charge in [0.2, 0.25) is 0 Å². The standard InChI is InChI=1S/C32H36N2O9S/c1-16(2)42-20-11-9-18(13-22(20)38-5)14-24-29(35)34-28(33)26(31(36)40-7)25(27(30(34)44-24)32(37)41-8)19-10-12-21(43-17(3)4)23(15-19)39-6/h9-17,25H,33H2,1-8H3/b24-14-/t25-/m0/s1. The van der Waals surface area contributed by atoms with E-state index < -0.39 is 23.4 Å². The molecule has 2 heterocycles. The number of ether oxygens (including phenoxy) is 6. The van der Waals surface area contributed by atoms with Crippen LogP contribution in [0.3, 0.4) is 0 Å². The summed E-state index contributed by atoms with van der Waals surface area (Å²) < 4.78 is 34.6. The Hall–Kier alpha value is -4.71. The first-order chi connectivity index (χ1) is 20.9. The molecule has 0 saturated carbocycles. The molecule has 0 radical (unpaired) electrons. The number of aromatic nitrogens is 1. The molecule has 0 amide bonds. The molecule has 11 nitrogen and oxygen atoms in total. The topological polar surface area (TPSA) is 138 Å². The van der Waals surface area contributed by atoms with Crippen LogP contribution in [0.4, 0.5) is 0 Å². The average Bonchev–Trinajstić information content (AvgIpc) is 3.31. The lowest BCUT2D eigenvalue weighted by Crippen LogP contribution is -2.41. The van der Waals surface area contributed by atoms with Crippen LogP contribution in [0.15, 0.2) is 46.8 Å². The van der Waals surface area contributed by atoms with Gasteiger partial charge in [-0.1, -0.05) is 12.1 Å². The van der Waals surface area contributed by atoms with E-state index in [2.05, 4.69) is 0 Å². The zero-order valence-electron chi connectivity index (χ0n) is 25.9. The first-order valence-corrected chi connectivity index (χ1v) is 14.6. The van der Waals surface area contributed by atoms with Crippen LogP contribution in [0.25, 0.3) is 17.5 Å². The van der Waals surface area contributed by atoms with Crippen molar-refractivity contribution in [3.8, 4) is 23.0 Å². The summed E-state index contributed by atoms with van der Waals surface area (Å²) in [4.78, 5) is 40.5. The molecule has 0 unspecified atom stereocenters. The Bertz CT molecular complexity index is 1800. The Balaban J connectivity index is 2.03. The molecule has 1 aliphatic rings. The van der Waals surface area contributed by atoms with Crippen LogP contribution >= 0.6 is 11.3 Å². The van der Waals surface area contributed by atoms with E-state index in [4.69, 9.17) is 34.2 Å². The van der Waals surface area contributed by atoms with Crippen molar-refractivity contribution >= 4 is 40.7 Å². The van der Waals surface area contributed by atoms with Gasteiger partial charge in [0.15, 0.2) is 23.0 Å². The van der Waals surface area contributed by atoms with Crippen LogP contribution in [-0.4, -0.2) is 57.2 Å². The number of carbonyl (C=O) groups is 2. The fourth-order valence-corrected chi connectivity index (χ4v) is 6.06. The Morgan fingerprint density at radius 2 is 1.36 bits per heavy atom. The molecular weight excluding hydrogens is 588 g/mol. The molecule has 2 N–H and O–H groups in total. The zero-order chi connectivity index (χ0) is 32.3. The number of methoxy groups -OCH3 is 4. The summed E-state index contributed by atoms with van der Waals surface area (Å²) in [6.45, 7) is 7.57. The normalized spacial score (nSPS) is 14.9. The maximum Gasteiger partial charge on any atom is 0.338 e. The number of nitrogens with two attached hydrogens (primary N) is 1. The molecule has 0 bridgehead atoms. The summed E-state index contributed by atoms with van der Waals surface area (Å²) in [6.07, 6.45) is 1.46.